The molecule has 0 saturated carbocycles. The van der Waals surface area contributed by atoms with Gasteiger partial charge in [0.2, 0.25) is 10.0 Å². The van der Waals surface area contributed by atoms with Gasteiger partial charge >= 0.3 is 0 Å². The normalized spacial score (nSPS) is 11.4. The van der Waals surface area contributed by atoms with Gasteiger partial charge in [-0.2, -0.15) is 0 Å². The SMILES string of the molecule is O=S(=O)(CCCO)Nc1ccc(Cl)cc1Br. The Morgan fingerprint density at radius 1 is 1.44 bits per heavy atom. The maximum absolute atomic E-state index is 11.5. The lowest BCUT2D eigenvalue weighted by atomic mass is 10.3. The predicted octanol–water partition coefficient (Wildman–Crippen LogP) is 2.23. The molecule has 0 heterocycles. The monoisotopic (exact) mass is 327 g/mol. The molecule has 0 aliphatic heterocycles. The van der Waals surface area contributed by atoms with Crippen LogP contribution in [-0.4, -0.2) is 25.9 Å². The summed E-state index contributed by atoms with van der Waals surface area (Å²) >= 11 is 8.94. The maximum Gasteiger partial charge on any atom is 0.232 e. The van der Waals surface area contributed by atoms with E-state index in [-0.39, 0.29) is 18.8 Å². The van der Waals surface area contributed by atoms with Gasteiger partial charge in [0.25, 0.3) is 0 Å². The van der Waals surface area contributed by atoms with Gasteiger partial charge in [-0.15, -0.1) is 0 Å². The van der Waals surface area contributed by atoms with Gasteiger partial charge in [-0.05, 0) is 40.5 Å². The zero-order valence-electron chi connectivity index (χ0n) is 8.28. The Hall–Kier alpha value is -0.300. The van der Waals surface area contributed by atoms with Crippen LogP contribution in [0.1, 0.15) is 6.42 Å². The zero-order chi connectivity index (χ0) is 12.2. The predicted molar refractivity (Wildman–Crippen MR) is 68.3 cm³/mol. The van der Waals surface area contributed by atoms with E-state index in [1.165, 1.54) is 0 Å². The summed E-state index contributed by atoms with van der Waals surface area (Å²) in [6.07, 6.45) is 0.209. The summed E-state index contributed by atoms with van der Waals surface area (Å²) in [7, 11) is -3.42. The molecule has 0 atom stereocenters. The molecule has 0 bridgehead atoms. The molecule has 0 radical (unpaired) electrons. The molecule has 0 fully saturated rings. The van der Waals surface area contributed by atoms with Gasteiger partial charge in [0, 0.05) is 16.1 Å². The third kappa shape index (κ3) is 4.29. The van der Waals surface area contributed by atoms with Gasteiger partial charge in [0.1, 0.15) is 0 Å². The van der Waals surface area contributed by atoms with Crippen molar-refractivity contribution in [3.63, 3.8) is 0 Å². The Morgan fingerprint density at radius 2 is 2.12 bits per heavy atom. The molecular formula is C9H11BrClNO3S. The van der Waals surface area contributed by atoms with E-state index >= 15 is 0 Å². The molecule has 7 heteroatoms. The van der Waals surface area contributed by atoms with Crippen molar-refractivity contribution in [3.05, 3.63) is 27.7 Å². The van der Waals surface area contributed by atoms with Crippen LogP contribution in [0.25, 0.3) is 0 Å². The number of hydrogen-bond acceptors (Lipinski definition) is 3. The second-order valence-electron chi connectivity index (χ2n) is 3.12. The summed E-state index contributed by atoms with van der Waals surface area (Å²) in [6, 6.07) is 4.77. The molecule has 0 aliphatic rings. The first-order chi connectivity index (χ1) is 7.44. The lowest BCUT2D eigenvalue weighted by Gasteiger charge is -2.09. The number of halogens is 2. The highest BCUT2D eigenvalue weighted by atomic mass is 79.9. The van der Waals surface area contributed by atoms with E-state index in [9.17, 15) is 8.42 Å². The molecular weight excluding hydrogens is 318 g/mol. The first kappa shape index (κ1) is 13.8. The molecule has 0 aliphatic carbocycles. The second kappa shape index (κ2) is 5.86. The molecule has 1 aromatic carbocycles. The molecule has 0 unspecified atom stereocenters. The minimum atomic E-state index is -3.42. The largest absolute Gasteiger partial charge is 0.396 e. The Labute approximate surface area is 108 Å². The molecule has 0 amide bonds. The van der Waals surface area contributed by atoms with Crippen molar-refractivity contribution in [1.82, 2.24) is 0 Å². The molecule has 16 heavy (non-hydrogen) atoms. The fourth-order valence-electron chi connectivity index (χ4n) is 1.05. The smallest absolute Gasteiger partial charge is 0.232 e. The summed E-state index contributed by atoms with van der Waals surface area (Å²) in [4.78, 5) is 0. The van der Waals surface area contributed by atoms with Crippen molar-refractivity contribution in [2.45, 2.75) is 6.42 Å². The van der Waals surface area contributed by atoms with E-state index in [0.29, 0.717) is 15.2 Å². The highest BCUT2D eigenvalue weighted by molar-refractivity contribution is 9.10. The van der Waals surface area contributed by atoms with Gasteiger partial charge in [0.05, 0.1) is 11.4 Å². The second-order valence-corrected chi connectivity index (χ2v) is 6.25. The van der Waals surface area contributed by atoms with Gasteiger partial charge in [0.15, 0.2) is 0 Å². The molecule has 0 aromatic heterocycles. The lowest BCUT2D eigenvalue weighted by Crippen LogP contribution is -2.17. The molecule has 1 aromatic rings. The highest BCUT2D eigenvalue weighted by Gasteiger charge is 2.11. The first-order valence-corrected chi connectivity index (χ1v) is 7.33. The van der Waals surface area contributed by atoms with Crippen LogP contribution in [0.4, 0.5) is 5.69 Å². The summed E-state index contributed by atoms with van der Waals surface area (Å²) in [5.74, 6) is -0.113. The van der Waals surface area contributed by atoms with E-state index in [0.717, 1.165) is 0 Å². The summed E-state index contributed by atoms with van der Waals surface area (Å²) in [5, 5.41) is 9.09. The Balaban J connectivity index is 2.80. The summed E-state index contributed by atoms with van der Waals surface area (Å²) in [6.45, 7) is -0.150. The van der Waals surface area contributed by atoms with Crippen LogP contribution in [0.5, 0.6) is 0 Å². The van der Waals surface area contributed by atoms with Gasteiger partial charge in [-0.3, -0.25) is 4.72 Å². The first-order valence-electron chi connectivity index (χ1n) is 4.51. The van der Waals surface area contributed by atoms with Gasteiger partial charge in [-0.1, -0.05) is 11.6 Å². The number of aliphatic hydroxyl groups excluding tert-OH is 1. The number of rotatable bonds is 5. The van der Waals surface area contributed by atoms with Crippen molar-refractivity contribution in [2.24, 2.45) is 0 Å². The van der Waals surface area contributed by atoms with E-state index in [1.807, 2.05) is 0 Å². The fraction of sp³-hybridized carbons (Fsp3) is 0.333. The minimum absolute atomic E-state index is 0.113. The van der Waals surface area contributed by atoms with Crippen molar-refractivity contribution < 1.29 is 13.5 Å². The minimum Gasteiger partial charge on any atom is -0.396 e. The number of anilines is 1. The number of aliphatic hydroxyl groups is 1. The van der Waals surface area contributed by atoms with Gasteiger partial charge < -0.3 is 5.11 Å². The highest BCUT2D eigenvalue weighted by Crippen LogP contribution is 2.26. The average molecular weight is 329 g/mol. The maximum atomic E-state index is 11.5. The van der Waals surface area contributed by atoms with Crippen LogP contribution >= 0.6 is 27.5 Å². The van der Waals surface area contributed by atoms with E-state index in [1.54, 1.807) is 18.2 Å². The van der Waals surface area contributed by atoms with E-state index < -0.39 is 10.0 Å². The van der Waals surface area contributed by atoms with Crippen LogP contribution in [0.3, 0.4) is 0 Å². The number of sulfonamides is 1. The summed E-state index contributed by atoms with van der Waals surface area (Å²) < 4.78 is 26.0. The molecule has 0 spiro atoms. The molecule has 90 valence electrons. The summed E-state index contributed by atoms with van der Waals surface area (Å²) in [5.41, 5.74) is 0.433. The van der Waals surface area contributed by atoms with Crippen molar-refractivity contribution in [1.29, 1.82) is 0 Å². The topological polar surface area (TPSA) is 66.4 Å². The van der Waals surface area contributed by atoms with Crippen LogP contribution in [0.2, 0.25) is 5.02 Å². The quantitative estimate of drug-likeness (QED) is 0.871. The number of benzene rings is 1. The van der Waals surface area contributed by atoms with Crippen LogP contribution in [-0.2, 0) is 10.0 Å². The lowest BCUT2D eigenvalue weighted by molar-refractivity contribution is 0.295. The Bertz CT molecular complexity index is 464. The fourth-order valence-corrected chi connectivity index (χ4v) is 3.08. The van der Waals surface area contributed by atoms with E-state index in [2.05, 4.69) is 20.7 Å². The van der Waals surface area contributed by atoms with Crippen LogP contribution < -0.4 is 4.72 Å². The molecule has 2 N–H and O–H groups in total. The van der Waals surface area contributed by atoms with Gasteiger partial charge in [-0.25, -0.2) is 8.42 Å². The number of hydrogen-bond donors (Lipinski definition) is 2. The van der Waals surface area contributed by atoms with Crippen molar-refractivity contribution >= 4 is 43.2 Å². The van der Waals surface area contributed by atoms with Crippen molar-refractivity contribution in [2.75, 3.05) is 17.1 Å². The molecule has 0 saturated heterocycles. The standard InChI is InChI=1S/C9H11BrClNO3S/c10-8-6-7(11)2-3-9(8)12-16(14,15)5-1-4-13/h2-3,6,12-13H,1,4-5H2. The third-order valence-corrected chi connectivity index (χ3v) is 4.02. The third-order valence-electron chi connectivity index (χ3n) is 1.77. The Morgan fingerprint density at radius 3 is 2.69 bits per heavy atom. The molecule has 1 rings (SSSR count). The molecule has 4 nitrogen and oxygen atoms in total. The Kier molecular flexibility index (Phi) is 5.04. The zero-order valence-corrected chi connectivity index (χ0v) is 11.4. The van der Waals surface area contributed by atoms with Crippen molar-refractivity contribution in [3.8, 4) is 0 Å². The number of nitrogens with one attached hydrogen (secondary N) is 1. The van der Waals surface area contributed by atoms with Crippen LogP contribution in [0.15, 0.2) is 22.7 Å². The average Bonchev–Trinajstić information content (AvgIpc) is 2.19. The van der Waals surface area contributed by atoms with E-state index in [4.69, 9.17) is 16.7 Å². The van der Waals surface area contributed by atoms with Crippen LogP contribution in [0, 0.1) is 0 Å².